The minimum Gasteiger partial charge on any atom is -0.484 e. The average molecular weight is 439 g/mol. The molecule has 2 unspecified atom stereocenters. The number of hydrogen-bond donors (Lipinski definition) is 1. The predicted molar refractivity (Wildman–Crippen MR) is 115 cm³/mol. The summed E-state index contributed by atoms with van der Waals surface area (Å²) in [5.41, 5.74) is 6.62. The maximum absolute atomic E-state index is 6.51. The molecule has 0 aliphatic carbocycles. The van der Waals surface area contributed by atoms with Gasteiger partial charge in [0.25, 0.3) is 0 Å². The zero-order valence-electron chi connectivity index (χ0n) is 17.0. The van der Waals surface area contributed by atoms with Crippen molar-refractivity contribution in [1.82, 2.24) is 19.6 Å². The number of hydroxylamine groups is 2. The number of nitrogens with two attached hydrogens (primary N) is 1. The topological polar surface area (TPSA) is 100 Å². The SMILES string of the molecule is CN1OC2(CC3(CCCOC3)Oc3ccc(-c4cnc(-n5ccnc5)s4)cc32)N=C1N. The standard InChI is InChI=1S/C21H22N6O3S/c1-26-18(22)25-21(30-26)11-20(5-2-8-28-12-20)29-16-4-3-14(9-15(16)21)17-10-24-19(31-17)27-7-6-23-13-27/h3-4,6-7,9-10,13H,2,5,8,11-12H2,1H3,(H2,22,25). The number of ether oxygens (including phenoxy) is 2. The summed E-state index contributed by atoms with van der Waals surface area (Å²) in [5, 5.41) is 2.39. The Bertz CT molecular complexity index is 1150. The quantitative estimate of drug-likeness (QED) is 0.657. The molecule has 0 bridgehead atoms. The van der Waals surface area contributed by atoms with Crippen LogP contribution < -0.4 is 10.5 Å². The van der Waals surface area contributed by atoms with Crippen LogP contribution in [0.25, 0.3) is 15.6 Å². The Morgan fingerprint density at radius 3 is 2.97 bits per heavy atom. The van der Waals surface area contributed by atoms with E-state index in [1.54, 1.807) is 30.9 Å². The van der Waals surface area contributed by atoms with Crippen LogP contribution in [0, 0.1) is 0 Å². The van der Waals surface area contributed by atoms with Crippen LogP contribution in [-0.2, 0) is 15.3 Å². The minimum absolute atomic E-state index is 0.352. The highest BCUT2D eigenvalue weighted by atomic mass is 32.1. The zero-order chi connectivity index (χ0) is 21.1. The van der Waals surface area contributed by atoms with Crippen LogP contribution in [0.2, 0.25) is 0 Å². The van der Waals surface area contributed by atoms with Crippen molar-refractivity contribution in [3.8, 4) is 21.3 Å². The Morgan fingerprint density at radius 2 is 2.23 bits per heavy atom. The summed E-state index contributed by atoms with van der Waals surface area (Å²) in [4.78, 5) is 20.7. The maximum atomic E-state index is 6.51. The highest BCUT2D eigenvalue weighted by Gasteiger charge is 2.55. The van der Waals surface area contributed by atoms with Gasteiger partial charge in [-0.15, -0.1) is 0 Å². The third-order valence-corrected chi connectivity index (χ3v) is 7.04. The molecule has 3 aliphatic rings. The fraction of sp³-hybridized carbons (Fsp3) is 0.381. The first-order valence-electron chi connectivity index (χ1n) is 10.2. The Morgan fingerprint density at radius 1 is 1.29 bits per heavy atom. The molecule has 1 fully saturated rings. The van der Waals surface area contributed by atoms with Gasteiger partial charge in [-0.1, -0.05) is 11.3 Å². The maximum Gasteiger partial charge on any atom is 0.222 e. The van der Waals surface area contributed by atoms with Crippen LogP contribution in [-0.4, -0.2) is 51.4 Å². The molecule has 0 amide bonds. The van der Waals surface area contributed by atoms with E-state index >= 15 is 0 Å². The van der Waals surface area contributed by atoms with Crippen molar-refractivity contribution in [3.05, 3.63) is 48.7 Å². The lowest BCUT2D eigenvalue weighted by Crippen LogP contribution is -2.53. The summed E-state index contributed by atoms with van der Waals surface area (Å²) in [7, 11) is 1.77. The van der Waals surface area contributed by atoms with E-state index in [0.717, 1.165) is 46.3 Å². The second-order valence-electron chi connectivity index (χ2n) is 8.15. The molecular weight excluding hydrogens is 416 g/mol. The summed E-state index contributed by atoms with van der Waals surface area (Å²) in [6, 6.07) is 6.12. The molecule has 2 aromatic heterocycles. The summed E-state index contributed by atoms with van der Waals surface area (Å²) < 4.78 is 14.2. The van der Waals surface area contributed by atoms with Gasteiger partial charge in [-0.05, 0) is 36.6 Å². The van der Waals surface area contributed by atoms with Crippen LogP contribution in [0.3, 0.4) is 0 Å². The molecule has 0 saturated carbocycles. The number of rotatable bonds is 2. The highest BCUT2D eigenvalue weighted by Crippen LogP contribution is 2.52. The fourth-order valence-corrected chi connectivity index (χ4v) is 5.41. The molecule has 31 heavy (non-hydrogen) atoms. The predicted octanol–water partition coefficient (Wildman–Crippen LogP) is 2.67. The van der Waals surface area contributed by atoms with Gasteiger partial charge < -0.3 is 15.2 Å². The molecule has 1 aromatic carbocycles. The van der Waals surface area contributed by atoms with E-state index < -0.39 is 11.3 Å². The number of thiazole rings is 1. The van der Waals surface area contributed by atoms with E-state index in [0.29, 0.717) is 19.0 Å². The lowest BCUT2D eigenvalue weighted by molar-refractivity contribution is -0.216. The van der Waals surface area contributed by atoms with Crippen molar-refractivity contribution in [2.75, 3.05) is 20.3 Å². The molecule has 2 atom stereocenters. The molecule has 0 radical (unpaired) electrons. The summed E-state index contributed by atoms with van der Waals surface area (Å²) in [6.45, 7) is 1.27. The zero-order valence-corrected chi connectivity index (χ0v) is 17.8. The van der Waals surface area contributed by atoms with Gasteiger partial charge in [-0.25, -0.2) is 24.9 Å². The molecule has 2 spiro atoms. The first kappa shape index (κ1) is 18.8. The van der Waals surface area contributed by atoms with Crippen molar-refractivity contribution >= 4 is 17.3 Å². The van der Waals surface area contributed by atoms with Crippen LogP contribution in [0.5, 0.6) is 5.75 Å². The first-order chi connectivity index (χ1) is 15.1. The monoisotopic (exact) mass is 438 g/mol. The third-order valence-electron chi connectivity index (χ3n) is 5.98. The van der Waals surface area contributed by atoms with Gasteiger partial charge in [0.2, 0.25) is 11.7 Å². The molecule has 10 heteroatoms. The van der Waals surface area contributed by atoms with E-state index in [4.69, 9.17) is 25.0 Å². The van der Waals surface area contributed by atoms with Crippen molar-refractivity contribution in [2.24, 2.45) is 10.7 Å². The van der Waals surface area contributed by atoms with Crippen molar-refractivity contribution in [3.63, 3.8) is 0 Å². The van der Waals surface area contributed by atoms with Crippen molar-refractivity contribution in [1.29, 1.82) is 0 Å². The minimum atomic E-state index is -0.930. The smallest absolute Gasteiger partial charge is 0.222 e. The highest BCUT2D eigenvalue weighted by molar-refractivity contribution is 7.17. The van der Waals surface area contributed by atoms with Gasteiger partial charge in [-0.2, -0.15) is 0 Å². The van der Waals surface area contributed by atoms with E-state index in [1.165, 1.54) is 5.06 Å². The van der Waals surface area contributed by atoms with Gasteiger partial charge in [0.15, 0.2) is 5.13 Å². The van der Waals surface area contributed by atoms with E-state index in [-0.39, 0.29) is 0 Å². The van der Waals surface area contributed by atoms with Gasteiger partial charge in [0.1, 0.15) is 17.7 Å². The lowest BCUT2D eigenvalue weighted by Gasteiger charge is -2.46. The number of benzene rings is 1. The Hall–Kier alpha value is -2.95. The summed E-state index contributed by atoms with van der Waals surface area (Å²) >= 11 is 1.59. The largest absolute Gasteiger partial charge is 0.484 e. The van der Waals surface area contributed by atoms with E-state index in [1.807, 2.05) is 29.1 Å². The summed E-state index contributed by atoms with van der Waals surface area (Å²) in [6.07, 6.45) is 9.60. The van der Waals surface area contributed by atoms with E-state index in [9.17, 15) is 0 Å². The number of imidazole rings is 1. The average Bonchev–Trinajstić information content (AvgIpc) is 3.50. The molecular formula is C21H22N6O3S. The lowest BCUT2D eigenvalue weighted by atomic mass is 9.81. The fourth-order valence-electron chi connectivity index (χ4n) is 4.55. The van der Waals surface area contributed by atoms with Crippen LogP contribution in [0.15, 0.2) is 48.1 Å². The second kappa shape index (κ2) is 6.78. The Kier molecular flexibility index (Phi) is 4.11. The first-order valence-corrected chi connectivity index (χ1v) is 11.0. The number of hydrogen-bond acceptors (Lipinski definition) is 9. The molecule has 2 N–H and O–H groups in total. The van der Waals surface area contributed by atoms with Crippen molar-refractivity contribution in [2.45, 2.75) is 30.6 Å². The van der Waals surface area contributed by atoms with Crippen molar-refractivity contribution < 1.29 is 14.3 Å². The number of guanidine groups is 1. The molecule has 5 heterocycles. The Balaban J connectivity index is 1.43. The Labute approximate surface area is 183 Å². The van der Waals surface area contributed by atoms with Gasteiger partial charge in [0.05, 0.1) is 17.0 Å². The molecule has 6 rings (SSSR count). The number of nitrogens with zero attached hydrogens (tertiary/aromatic N) is 5. The van der Waals surface area contributed by atoms with E-state index in [2.05, 4.69) is 16.0 Å². The van der Waals surface area contributed by atoms with Gasteiger partial charge in [0, 0.05) is 38.7 Å². The number of aromatic nitrogens is 3. The molecule has 1 saturated heterocycles. The van der Waals surface area contributed by atoms with Crippen LogP contribution in [0.1, 0.15) is 24.8 Å². The molecule has 9 nitrogen and oxygen atoms in total. The van der Waals surface area contributed by atoms with Crippen LogP contribution >= 0.6 is 11.3 Å². The number of fused-ring (bicyclic) bond motifs is 2. The number of aliphatic imine (C=N–C) groups is 1. The summed E-state index contributed by atoms with van der Waals surface area (Å²) in [5.74, 6) is 1.11. The molecule has 160 valence electrons. The molecule has 3 aliphatic heterocycles. The van der Waals surface area contributed by atoms with Gasteiger partial charge >= 0.3 is 0 Å². The van der Waals surface area contributed by atoms with Gasteiger partial charge in [-0.3, -0.25) is 4.57 Å². The normalized spacial score (nSPS) is 27.4. The van der Waals surface area contributed by atoms with Crippen LogP contribution in [0.4, 0.5) is 0 Å². The molecule has 3 aromatic rings. The second-order valence-corrected chi connectivity index (χ2v) is 9.16. The third kappa shape index (κ3) is 3.01.